The van der Waals surface area contributed by atoms with Crippen molar-refractivity contribution in [1.82, 2.24) is 4.98 Å². The van der Waals surface area contributed by atoms with Gasteiger partial charge < -0.3 is 5.32 Å². The molecule has 1 aromatic heterocycles. The number of hydrogen-bond donors (Lipinski definition) is 1. The van der Waals surface area contributed by atoms with Crippen LogP contribution in [0.3, 0.4) is 0 Å². The van der Waals surface area contributed by atoms with E-state index in [1.54, 1.807) is 0 Å². The Balaban J connectivity index is 2.27. The Morgan fingerprint density at radius 2 is 2.00 bits per heavy atom. The third-order valence-electron chi connectivity index (χ3n) is 3.54. The van der Waals surface area contributed by atoms with Crippen LogP contribution in [-0.2, 0) is 6.42 Å². The largest absolute Gasteiger partial charge is 0.384 e. The summed E-state index contributed by atoms with van der Waals surface area (Å²) in [4.78, 5) is 4.55. The fraction of sp³-hybridized carbons (Fsp3) is 0.133. The van der Waals surface area contributed by atoms with Gasteiger partial charge in [0.25, 0.3) is 0 Å². The predicted molar refractivity (Wildman–Crippen MR) is 71.4 cm³/mol. The maximum atomic E-state index is 4.55. The van der Waals surface area contributed by atoms with Gasteiger partial charge in [-0.15, -0.1) is 0 Å². The molecule has 1 aliphatic rings. The summed E-state index contributed by atoms with van der Waals surface area (Å²) in [7, 11) is 0. The molecule has 0 bridgehead atoms. The van der Waals surface area contributed by atoms with Gasteiger partial charge in [0, 0.05) is 29.2 Å². The highest BCUT2D eigenvalue weighted by Crippen LogP contribution is 2.35. The molecule has 0 aliphatic carbocycles. The lowest BCUT2D eigenvalue weighted by Gasteiger charge is -2.08. The molecular weight excluding hydrogens is 208 g/mol. The number of benzene rings is 2. The zero-order valence-corrected chi connectivity index (χ0v) is 9.40. The summed E-state index contributed by atoms with van der Waals surface area (Å²) in [5.74, 6) is 0. The molecule has 2 heterocycles. The summed E-state index contributed by atoms with van der Waals surface area (Å²) in [5.41, 5.74) is 3.78. The van der Waals surface area contributed by atoms with Crippen molar-refractivity contribution < 1.29 is 0 Å². The van der Waals surface area contributed by atoms with Crippen LogP contribution in [0.25, 0.3) is 21.7 Å². The Hall–Kier alpha value is -2.09. The third-order valence-corrected chi connectivity index (χ3v) is 3.54. The van der Waals surface area contributed by atoms with Gasteiger partial charge >= 0.3 is 0 Å². The molecule has 0 saturated carbocycles. The van der Waals surface area contributed by atoms with Gasteiger partial charge in [-0.05, 0) is 23.4 Å². The molecule has 4 rings (SSSR count). The average Bonchev–Trinajstić information content (AvgIpc) is 2.86. The van der Waals surface area contributed by atoms with E-state index in [0.717, 1.165) is 18.5 Å². The second-order valence-electron chi connectivity index (χ2n) is 4.52. The van der Waals surface area contributed by atoms with Crippen LogP contribution >= 0.6 is 0 Å². The first-order valence-electron chi connectivity index (χ1n) is 5.97. The summed E-state index contributed by atoms with van der Waals surface area (Å²) in [5, 5.41) is 7.28. The zero-order chi connectivity index (χ0) is 11.2. The van der Waals surface area contributed by atoms with E-state index in [1.807, 2.05) is 6.20 Å². The second kappa shape index (κ2) is 3.20. The number of rotatable bonds is 0. The topological polar surface area (TPSA) is 24.9 Å². The molecule has 2 heteroatoms. The molecule has 0 radical (unpaired) electrons. The van der Waals surface area contributed by atoms with Crippen LogP contribution in [0.5, 0.6) is 0 Å². The molecule has 0 atom stereocenters. The lowest BCUT2D eigenvalue weighted by atomic mass is 10.0. The van der Waals surface area contributed by atoms with Gasteiger partial charge in [-0.2, -0.15) is 0 Å². The summed E-state index contributed by atoms with van der Waals surface area (Å²) in [6, 6.07) is 12.8. The van der Waals surface area contributed by atoms with E-state index >= 15 is 0 Å². The molecule has 17 heavy (non-hydrogen) atoms. The molecular formula is C15H12N2. The van der Waals surface area contributed by atoms with E-state index < -0.39 is 0 Å². The summed E-state index contributed by atoms with van der Waals surface area (Å²) < 4.78 is 0. The van der Waals surface area contributed by atoms with Gasteiger partial charge in [-0.25, -0.2) is 0 Å². The number of pyridine rings is 1. The van der Waals surface area contributed by atoms with Gasteiger partial charge in [0.2, 0.25) is 0 Å². The van der Waals surface area contributed by atoms with Crippen molar-refractivity contribution in [2.24, 2.45) is 0 Å². The highest BCUT2D eigenvalue weighted by molar-refractivity contribution is 6.12. The van der Waals surface area contributed by atoms with Crippen LogP contribution in [0.4, 0.5) is 5.69 Å². The zero-order valence-electron chi connectivity index (χ0n) is 9.40. The molecule has 0 fully saturated rings. The van der Waals surface area contributed by atoms with Gasteiger partial charge in [0.05, 0.1) is 5.52 Å². The number of nitrogens with one attached hydrogen (secondary N) is 1. The molecule has 2 aromatic carbocycles. The van der Waals surface area contributed by atoms with Crippen LogP contribution in [0, 0.1) is 0 Å². The van der Waals surface area contributed by atoms with Crippen molar-refractivity contribution in [3.05, 3.63) is 48.2 Å². The van der Waals surface area contributed by atoms with Crippen molar-refractivity contribution >= 4 is 27.4 Å². The van der Waals surface area contributed by atoms with Crippen LogP contribution in [-0.4, -0.2) is 11.5 Å². The Labute approximate surface area is 99.3 Å². The number of fused-ring (bicyclic) bond motifs is 5. The Morgan fingerprint density at radius 3 is 3.00 bits per heavy atom. The summed E-state index contributed by atoms with van der Waals surface area (Å²) >= 11 is 0. The number of nitrogens with zero attached hydrogens (tertiary/aromatic N) is 1. The maximum absolute atomic E-state index is 4.55. The minimum Gasteiger partial charge on any atom is -0.384 e. The van der Waals surface area contributed by atoms with E-state index in [-0.39, 0.29) is 0 Å². The number of aromatic nitrogens is 1. The van der Waals surface area contributed by atoms with Crippen LogP contribution in [0.2, 0.25) is 0 Å². The van der Waals surface area contributed by atoms with Gasteiger partial charge in [-0.3, -0.25) is 4.98 Å². The molecule has 0 spiro atoms. The smallest absolute Gasteiger partial charge is 0.0729 e. The molecule has 2 nitrogen and oxygen atoms in total. The Bertz CT molecular complexity index is 731. The van der Waals surface area contributed by atoms with Crippen molar-refractivity contribution in [1.29, 1.82) is 0 Å². The Morgan fingerprint density at radius 1 is 1.06 bits per heavy atom. The standard InChI is InChI=1S/C15H12N2/c1-2-4-12-11(3-1)9-17-13-6-5-10-7-8-16-15(10)14(12)13/h1-6,9,16H,7-8H2. The summed E-state index contributed by atoms with van der Waals surface area (Å²) in [6.07, 6.45) is 3.08. The monoisotopic (exact) mass is 220 g/mol. The van der Waals surface area contributed by atoms with E-state index in [9.17, 15) is 0 Å². The molecule has 82 valence electrons. The molecule has 0 amide bonds. The molecule has 3 aromatic rings. The first-order valence-corrected chi connectivity index (χ1v) is 5.97. The highest BCUT2D eigenvalue weighted by atomic mass is 14.9. The van der Waals surface area contributed by atoms with Crippen molar-refractivity contribution in [2.75, 3.05) is 11.9 Å². The van der Waals surface area contributed by atoms with Crippen LogP contribution < -0.4 is 5.32 Å². The average molecular weight is 220 g/mol. The van der Waals surface area contributed by atoms with Crippen LogP contribution in [0.1, 0.15) is 5.56 Å². The maximum Gasteiger partial charge on any atom is 0.0729 e. The molecule has 1 N–H and O–H groups in total. The highest BCUT2D eigenvalue weighted by Gasteiger charge is 2.15. The third kappa shape index (κ3) is 1.18. The van der Waals surface area contributed by atoms with E-state index in [1.165, 1.54) is 27.4 Å². The predicted octanol–water partition coefficient (Wildman–Crippen LogP) is 3.36. The van der Waals surface area contributed by atoms with Gasteiger partial charge in [-0.1, -0.05) is 30.3 Å². The SMILES string of the molecule is c1ccc2c(c1)cnc1ccc3c(c12)NCC3. The fourth-order valence-corrected chi connectivity index (χ4v) is 2.72. The molecule has 0 saturated heterocycles. The van der Waals surface area contributed by atoms with E-state index in [0.29, 0.717) is 0 Å². The Kier molecular flexibility index (Phi) is 1.69. The van der Waals surface area contributed by atoms with Gasteiger partial charge in [0.1, 0.15) is 0 Å². The minimum absolute atomic E-state index is 1.04. The minimum atomic E-state index is 1.04. The van der Waals surface area contributed by atoms with Crippen molar-refractivity contribution in [2.45, 2.75) is 6.42 Å². The number of anilines is 1. The summed E-state index contributed by atoms with van der Waals surface area (Å²) in [6.45, 7) is 1.04. The van der Waals surface area contributed by atoms with E-state index in [4.69, 9.17) is 0 Å². The normalized spacial score (nSPS) is 13.9. The fourth-order valence-electron chi connectivity index (χ4n) is 2.72. The molecule has 0 unspecified atom stereocenters. The lowest BCUT2D eigenvalue weighted by Crippen LogP contribution is -1.93. The number of hydrogen-bond acceptors (Lipinski definition) is 2. The second-order valence-corrected chi connectivity index (χ2v) is 4.52. The van der Waals surface area contributed by atoms with Gasteiger partial charge in [0.15, 0.2) is 0 Å². The molecule has 1 aliphatic heterocycles. The quantitative estimate of drug-likeness (QED) is 0.588. The lowest BCUT2D eigenvalue weighted by molar-refractivity contribution is 1.11. The van der Waals surface area contributed by atoms with Crippen molar-refractivity contribution in [3.8, 4) is 0 Å². The van der Waals surface area contributed by atoms with Crippen molar-refractivity contribution in [3.63, 3.8) is 0 Å². The first kappa shape index (κ1) is 8.99. The first-order chi connectivity index (χ1) is 8.43. The van der Waals surface area contributed by atoms with E-state index in [2.05, 4.69) is 46.7 Å². The van der Waals surface area contributed by atoms with Crippen LogP contribution in [0.15, 0.2) is 42.6 Å².